The number of rotatable bonds is 7. The van der Waals surface area contributed by atoms with Gasteiger partial charge in [-0.1, -0.05) is 52.9 Å². The van der Waals surface area contributed by atoms with Crippen LogP contribution in [0.15, 0.2) is 0 Å². The van der Waals surface area contributed by atoms with Crippen molar-refractivity contribution in [1.82, 2.24) is 0 Å². The Morgan fingerprint density at radius 2 is 1.67 bits per heavy atom. The number of carbonyl (C=O) groups is 1. The summed E-state index contributed by atoms with van der Waals surface area (Å²) in [5.74, 6) is 0. The largest absolute Gasteiger partial charge is 0.303 e. The summed E-state index contributed by atoms with van der Waals surface area (Å²) in [5, 5.41) is 0. The van der Waals surface area contributed by atoms with Crippen LogP contribution in [-0.4, -0.2) is 6.29 Å². The minimum absolute atomic E-state index is 0.0911. The van der Waals surface area contributed by atoms with Crippen molar-refractivity contribution < 1.29 is 4.79 Å². The molecule has 0 aliphatic carbocycles. The average molecular weight is 170 g/mol. The second kappa shape index (κ2) is 6.22. The topological polar surface area (TPSA) is 17.1 Å². The van der Waals surface area contributed by atoms with Gasteiger partial charge in [0.05, 0.1) is 0 Å². The van der Waals surface area contributed by atoms with Crippen molar-refractivity contribution in [3.63, 3.8) is 0 Å². The third kappa shape index (κ3) is 6.38. The van der Waals surface area contributed by atoms with Gasteiger partial charge in [0.25, 0.3) is 0 Å². The van der Waals surface area contributed by atoms with Crippen LogP contribution in [-0.2, 0) is 4.79 Å². The molecule has 0 saturated carbocycles. The minimum atomic E-state index is -0.0911. The normalized spacial score (nSPS) is 11.6. The molecule has 1 heteroatoms. The lowest BCUT2D eigenvalue weighted by Gasteiger charge is -2.15. The Balaban J connectivity index is 3.25. The maximum Gasteiger partial charge on any atom is 0.125 e. The fourth-order valence-electron chi connectivity index (χ4n) is 1.24. The molecule has 0 saturated heterocycles. The van der Waals surface area contributed by atoms with E-state index in [1.165, 1.54) is 32.1 Å². The van der Waals surface area contributed by atoms with Crippen LogP contribution in [0.25, 0.3) is 0 Å². The lowest BCUT2D eigenvalue weighted by Crippen LogP contribution is -2.12. The zero-order valence-corrected chi connectivity index (χ0v) is 8.73. The van der Waals surface area contributed by atoms with Crippen LogP contribution in [0.1, 0.15) is 59.3 Å². The first kappa shape index (κ1) is 11.7. The van der Waals surface area contributed by atoms with Crippen LogP contribution in [0.4, 0.5) is 0 Å². The summed E-state index contributed by atoms with van der Waals surface area (Å²) in [6.07, 6.45) is 8.55. The van der Waals surface area contributed by atoms with E-state index in [4.69, 9.17) is 0 Å². The van der Waals surface area contributed by atoms with Gasteiger partial charge in [0, 0.05) is 5.41 Å². The molecule has 0 fully saturated rings. The average Bonchev–Trinajstić information content (AvgIpc) is 2.04. The van der Waals surface area contributed by atoms with Gasteiger partial charge in [-0.3, -0.25) is 0 Å². The molecule has 0 heterocycles. The summed E-state index contributed by atoms with van der Waals surface area (Å²) in [7, 11) is 0. The molecule has 0 aromatic rings. The molecule has 0 radical (unpaired) electrons. The predicted molar refractivity (Wildman–Crippen MR) is 53.2 cm³/mol. The Hall–Kier alpha value is -0.330. The van der Waals surface area contributed by atoms with Crippen LogP contribution >= 0.6 is 0 Å². The van der Waals surface area contributed by atoms with Gasteiger partial charge in [0.1, 0.15) is 6.29 Å². The third-order valence-corrected chi connectivity index (χ3v) is 2.24. The molecule has 0 aromatic heterocycles. The molecule has 0 bridgehead atoms. The van der Waals surface area contributed by atoms with Crippen LogP contribution in [0.5, 0.6) is 0 Å². The van der Waals surface area contributed by atoms with Crippen molar-refractivity contribution in [2.75, 3.05) is 0 Å². The molecule has 0 amide bonds. The summed E-state index contributed by atoms with van der Waals surface area (Å²) in [5.41, 5.74) is -0.0911. The molecule has 12 heavy (non-hydrogen) atoms. The molecular formula is C11H22O. The highest BCUT2D eigenvalue weighted by Crippen LogP contribution is 2.20. The summed E-state index contributed by atoms with van der Waals surface area (Å²) < 4.78 is 0. The maximum absolute atomic E-state index is 10.5. The van der Waals surface area contributed by atoms with E-state index in [2.05, 4.69) is 6.92 Å². The van der Waals surface area contributed by atoms with E-state index in [9.17, 15) is 4.79 Å². The summed E-state index contributed by atoms with van der Waals surface area (Å²) >= 11 is 0. The van der Waals surface area contributed by atoms with Gasteiger partial charge >= 0.3 is 0 Å². The second-order valence-electron chi connectivity index (χ2n) is 4.27. The van der Waals surface area contributed by atoms with E-state index >= 15 is 0 Å². The van der Waals surface area contributed by atoms with Crippen molar-refractivity contribution >= 4 is 6.29 Å². The molecule has 0 unspecified atom stereocenters. The Morgan fingerprint density at radius 1 is 1.08 bits per heavy atom. The SMILES string of the molecule is CCCCCCCC(C)(C)C=O. The molecule has 0 aliphatic rings. The van der Waals surface area contributed by atoms with E-state index in [0.717, 1.165) is 12.7 Å². The van der Waals surface area contributed by atoms with Crippen LogP contribution in [0.2, 0.25) is 0 Å². The number of hydrogen-bond donors (Lipinski definition) is 0. The van der Waals surface area contributed by atoms with Crippen molar-refractivity contribution in [3.05, 3.63) is 0 Å². The van der Waals surface area contributed by atoms with Crippen molar-refractivity contribution in [2.45, 2.75) is 59.3 Å². The summed E-state index contributed by atoms with van der Waals surface area (Å²) in [6, 6.07) is 0. The van der Waals surface area contributed by atoms with Crippen LogP contribution in [0, 0.1) is 5.41 Å². The van der Waals surface area contributed by atoms with E-state index < -0.39 is 0 Å². The number of unbranched alkanes of at least 4 members (excludes halogenated alkanes) is 4. The van der Waals surface area contributed by atoms with Gasteiger partial charge in [-0.15, -0.1) is 0 Å². The monoisotopic (exact) mass is 170 g/mol. The first-order chi connectivity index (χ1) is 5.62. The third-order valence-electron chi connectivity index (χ3n) is 2.24. The smallest absolute Gasteiger partial charge is 0.125 e. The van der Waals surface area contributed by atoms with Crippen molar-refractivity contribution in [2.24, 2.45) is 5.41 Å². The minimum Gasteiger partial charge on any atom is -0.303 e. The lowest BCUT2D eigenvalue weighted by molar-refractivity contribution is -0.115. The van der Waals surface area contributed by atoms with Crippen LogP contribution < -0.4 is 0 Å². The fraction of sp³-hybridized carbons (Fsp3) is 0.909. The molecule has 0 spiro atoms. The van der Waals surface area contributed by atoms with Crippen LogP contribution in [0.3, 0.4) is 0 Å². The molecule has 0 atom stereocenters. The number of hydrogen-bond acceptors (Lipinski definition) is 1. The zero-order valence-electron chi connectivity index (χ0n) is 8.73. The molecule has 0 rings (SSSR count). The van der Waals surface area contributed by atoms with E-state index in [-0.39, 0.29) is 5.41 Å². The molecule has 1 nitrogen and oxygen atoms in total. The molecule has 0 aromatic carbocycles. The molecular weight excluding hydrogens is 148 g/mol. The molecule has 0 N–H and O–H groups in total. The predicted octanol–water partition coefficient (Wildman–Crippen LogP) is 3.57. The fourth-order valence-corrected chi connectivity index (χ4v) is 1.24. The molecule has 72 valence electrons. The molecule has 0 aliphatic heterocycles. The van der Waals surface area contributed by atoms with Gasteiger partial charge in [-0.25, -0.2) is 0 Å². The highest BCUT2D eigenvalue weighted by molar-refractivity contribution is 5.57. The first-order valence-corrected chi connectivity index (χ1v) is 5.09. The van der Waals surface area contributed by atoms with Crippen molar-refractivity contribution in [1.29, 1.82) is 0 Å². The number of aldehydes is 1. The van der Waals surface area contributed by atoms with Gasteiger partial charge in [-0.05, 0) is 6.42 Å². The van der Waals surface area contributed by atoms with Gasteiger partial charge in [-0.2, -0.15) is 0 Å². The lowest BCUT2D eigenvalue weighted by atomic mass is 9.88. The van der Waals surface area contributed by atoms with E-state index in [0.29, 0.717) is 0 Å². The quantitative estimate of drug-likeness (QED) is 0.421. The Bertz CT molecular complexity index is 116. The van der Waals surface area contributed by atoms with E-state index in [1.807, 2.05) is 13.8 Å². The first-order valence-electron chi connectivity index (χ1n) is 5.09. The summed E-state index contributed by atoms with van der Waals surface area (Å²) in [6.45, 7) is 6.25. The zero-order chi connectivity index (χ0) is 9.45. The van der Waals surface area contributed by atoms with Crippen molar-refractivity contribution in [3.8, 4) is 0 Å². The van der Waals surface area contributed by atoms with Gasteiger partial charge in [0.2, 0.25) is 0 Å². The maximum atomic E-state index is 10.5. The van der Waals surface area contributed by atoms with E-state index in [1.54, 1.807) is 0 Å². The second-order valence-corrected chi connectivity index (χ2v) is 4.27. The standard InChI is InChI=1S/C11H22O/c1-4-5-6-7-8-9-11(2,3)10-12/h10H,4-9H2,1-3H3. The van der Waals surface area contributed by atoms with Gasteiger partial charge < -0.3 is 4.79 Å². The highest BCUT2D eigenvalue weighted by Gasteiger charge is 2.14. The Labute approximate surface area is 76.6 Å². The number of carbonyl (C=O) groups excluding carboxylic acids is 1. The Morgan fingerprint density at radius 3 is 2.17 bits per heavy atom. The van der Waals surface area contributed by atoms with Gasteiger partial charge in [0.15, 0.2) is 0 Å². The Kier molecular flexibility index (Phi) is 6.04. The highest BCUT2D eigenvalue weighted by atomic mass is 16.1. The summed E-state index contributed by atoms with van der Waals surface area (Å²) in [4.78, 5) is 10.5.